The lowest BCUT2D eigenvalue weighted by atomic mass is 10.1. The maximum absolute atomic E-state index is 9.17. The van der Waals surface area contributed by atoms with Crippen molar-refractivity contribution in [2.24, 2.45) is 5.73 Å². The summed E-state index contributed by atoms with van der Waals surface area (Å²) >= 11 is 5.99. The van der Waals surface area contributed by atoms with Crippen LogP contribution < -0.4 is 5.73 Å². The molecule has 1 aromatic carbocycles. The number of benzene rings is 1. The summed E-state index contributed by atoms with van der Waals surface area (Å²) in [6.07, 6.45) is 1.76. The Morgan fingerprint density at radius 2 is 2.26 bits per heavy atom. The van der Waals surface area contributed by atoms with E-state index in [9.17, 15) is 5.11 Å². The Balaban J connectivity index is 2.33. The second-order valence-corrected chi connectivity index (χ2v) is 4.47. The lowest BCUT2D eigenvalue weighted by molar-refractivity contribution is 0.223. The van der Waals surface area contributed by atoms with Crippen molar-refractivity contribution >= 4 is 11.6 Å². The summed E-state index contributed by atoms with van der Waals surface area (Å²) in [6, 6.07) is 8.73. The normalized spacial score (nSPS) is 12.1. The van der Waals surface area contributed by atoms with Gasteiger partial charge in [0.2, 0.25) is 0 Å². The van der Waals surface area contributed by atoms with Gasteiger partial charge in [0.1, 0.15) is 6.07 Å². The smallest absolute Gasteiger partial charge is 0.101 e. The molecular weight excluding hydrogens is 264 g/mol. The van der Waals surface area contributed by atoms with Crippen molar-refractivity contribution in [1.82, 2.24) is 9.78 Å². The van der Waals surface area contributed by atoms with E-state index in [1.165, 1.54) is 0 Å². The van der Waals surface area contributed by atoms with Gasteiger partial charge in [-0.2, -0.15) is 10.4 Å². The Kier molecular flexibility index (Phi) is 4.17. The fourth-order valence-electron chi connectivity index (χ4n) is 1.73. The maximum Gasteiger partial charge on any atom is 0.101 e. The summed E-state index contributed by atoms with van der Waals surface area (Å²) in [7, 11) is 0. The average molecular weight is 277 g/mol. The van der Waals surface area contributed by atoms with Crippen LogP contribution in [0, 0.1) is 11.3 Å². The molecule has 0 fully saturated rings. The second-order valence-electron chi connectivity index (χ2n) is 4.06. The minimum absolute atomic E-state index is 0.0637. The first-order valence-corrected chi connectivity index (χ1v) is 6.13. The lowest BCUT2D eigenvalue weighted by Gasteiger charge is -2.11. The van der Waals surface area contributed by atoms with Crippen LogP contribution in [0.2, 0.25) is 5.02 Å². The average Bonchev–Trinajstić information content (AvgIpc) is 2.90. The first-order valence-electron chi connectivity index (χ1n) is 5.75. The Morgan fingerprint density at radius 1 is 1.47 bits per heavy atom. The number of aliphatic hydroxyl groups is 1. The zero-order chi connectivity index (χ0) is 13.8. The SMILES string of the molecule is N#Cc1ccc(-c2ccn(C(CN)CO)n2)cc1Cl. The number of halogens is 1. The third-order valence-electron chi connectivity index (χ3n) is 2.85. The van der Waals surface area contributed by atoms with E-state index in [0.29, 0.717) is 17.1 Å². The van der Waals surface area contributed by atoms with Crippen LogP contribution >= 0.6 is 11.6 Å². The molecule has 2 rings (SSSR count). The van der Waals surface area contributed by atoms with Crippen molar-refractivity contribution in [3.05, 3.63) is 41.0 Å². The first kappa shape index (κ1) is 13.6. The van der Waals surface area contributed by atoms with Gasteiger partial charge in [-0.3, -0.25) is 4.68 Å². The summed E-state index contributed by atoms with van der Waals surface area (Å²) in [6.45, 7) is 0.248. The molecule has 2 aromatic rings. The highest BCUT2D eigenvalue weighted by Crippen LogP contribution is 2.24. The number of nitrogens with zero attached hydrogens (tertiary/aromatic N) is 3. The zero-order valence-electron chi connectivity index (χ0n) is 10.1. The van der Waals surface area contributed by atoms with Gasteiger partial charge in [-0.05, 0) is 18.2 Å². The molecule has 0 spiro atoms. The minimum Gasteiger partial charge on any atom is -0.394 e. The molecule has 0 aliphatic carbocycles. The summed E-state index contributed by atoms with van der Waals surface area (Å²) in [5, 5.41) is 22.7. The lowest BCUT2D eigenvalue weighted by Crippen LogP contribution is -2.22. The van der Waals surface area contributed by atoms with Crippen LogP contribution in [0.4, 0.5) is 0 Å². The Hall–Kier alpha value is -1.87. The predicted octanol–water partition coefficient (Wildman–Crippen LogP) is 1.57. The van der Waals surface area contributed by atoms with Crippen LogP contribution in [0.25, 0.3) is 11.3 Å². The van der Waals surface area contributed by atoms with Crippen molar-refractivity contribution in [1.29, 1.82) is 5.26 Å². The molecule has 6 heteroatoms. The number of hydrogen-bond acceptors (Lipinski definition) is 4. The third-order valence-corrected chi connectivity index (χ3v) is 3.16. The maximum atomic E-state index is 9.17. The minimum atomic E-state index is -0.234. The molecule has 0 saturated heterocycles. The van der Waals surface area contributed by atoms with Crippen molar-refractivity contribution < 1.29 is 5.11 Å². The van der Waals surface area contributed by atoms with E-state index in [1.54, 1.807) is 29.1 Å². The van der Waals surface area contributed by atoms with Crippen LogP contribution in [0.1, 0.15) is 11.6 Å². The summed E-state index contributed by atoms with van der Waals surface area (Å²) in [5.41, 5.74) is 7.51. The predicted molar refractivity (Wildman–Crippen MR) is 72.6 cm³/mol. The van der Waals surface area contributed by atoms with Gasteiger partial charge in [0.15, 0.2) is 0 Å². The summed E-state index contributed by atoms with van der Waals surface area (Å²) in [4.78, 5) is 0. The van der Waals surface area contributed by atoms with Crippen LogP contribution in [-0.2, 0) is 0 Å². The molecule has 0 amide bonds. The van der Waals surface area contributed by atoms with Crippen molar-refractivity contribution in [3.63, 3.8) is 0 Å². The fraction of sp³-hybridized carbons (Fsp3) is 0.231. The molecule has 98 valence electrons. The van der Waals surface area contributed by atoms with Crippen molar-refractivity contribution in [2.45, 2.75) is 6.04 Å². The second kappa shape index (κ2) is 5.85. The van der Waals surface area contributed by atoms with Crippen molar-refractivity contribution in [3.8, 4) is 17.3 Å². The van der Waals surface area contributed by atoms with E-state index in [0.717, 1.165) is 11.3 Å². The highest BCUT2D eigenvalue weighted by Gasteiger charge is 2.11. The van der Waals surface area contributed by atoms with Crippen LogP contribution in [0.15, 0.2) is 30.5 Å². The summed E-state index contributed by atoms with van der Waals surface area (Å²) < 4.78 is 1.63. The Labute approximate surface area is 115 Å². The van der Waals surface area contributed by atoms with Gasteiger partial charge in [-0.15, -0.1) is 0 Å². The van der Waals surface area contributed by atoms with E-state index in [1.807, 2.05) is 12.1 Å². The molecule has 0 saturated carbocycles. The van der Waals surface area contributed by atoms with Gasteiger partial charge >= 0.3 is 0 Å². The monoisotopic (exact) mass is 276 g/mol. The van der Waals surface area contributed by atoms with E-state index >= 15 is 0 Å². The standard InChI is InChI=1S/C13H13ClN4O/c14-12-5-9(1-2-10(12)6-15)13-3-4-18(17-13)11(7-16)8-19/h1-5,11,19H,7-8,16H2. The van der Waals surface area contributed by atoms with Gasteiger partial charge in [0, 0.05) is 18.3 Å². The first-order chi connectivity index (χ1) is 9.19. The highest BCUT2D eigenvalue weighted by atomic mass is 35.5. The molecule has 1 unspecified atom stereocenters. The number of nitriles is 1. The number of aliphatic hydroxyl groups excluding tert-OH is 1. The Morgan fingerprint density at radius 3 is 2.84 bits per heavy atom. The van der Waals surface area contributed by atoms with E-state index in [2.05, 4.69) is 5.10 Å². The number of rotatable bonds is 4. The van der Waals surface area contributed by atoms with E-state index < -0.39 is 0 Å². The fourth-order valence-corrected chi connectivity index (χ4v) is 1.95. The zero-order valence-corrected chi connectivity index (χ0v) is 10.9. The molecule has 1 heterocycles. The van der Waals surface area contributed by atoms with E-state index in [4.69, 9.17) is 22.6 Å². The van der Waals surface area contributed by atoms with E-state index in [-0.39, 0.29) is 12.6 Å². The van der Waals surface area contributed by atoms with Gasteiger partial charge in [-0.25, -0.2) is 0 Å². The molecule has 0 aliphatic heterocycles. The topological polar surface area (TPSA) is 87.9 Å². The third kappa shape index (κ3) is 2.76. The molecule has 0 aliphatic rings. The summed E-state index contributed by atoms with van der Waals surface area (Å²) in [5.74, 6) is 0. The van der Waals surface area contributed by atoms with Crippen molar-refractivity contribution in [2.75, 3.05) is 13.2 Å². The molecule has 3 N–H and O–H groups in total. The molecule has 5 nitrogen and oxygen atoms in total. The quantitative estimate of drug-likeness (QED) is 0.887. The van der Waals surface area contributed by atoms with Crippen LogP contribution in [-0.4, -0.2) is 28.0 Å². The molecule has 1 aromatic heterocycles. The largest absolute Gasteiger partial charge is 0.394 e. The molecule has 1 atom stereocenters. The molecule has 0 radical (unpaired) electrons. The van der Waals surface area contributed by atoms with Gasteiger partial charge in [-0.1, -0.05) is 17.7 Å². The number of hydrogen-bond donors (Lipinski definition) is 2. The van der Waals surface area contributed by atoms with Crippen LogP contribution in [0.3, 0.4) is 0 Å². The van der Waals surface area contributed by atoms with Gasteiger partial charge in [0.25, 0.3) is 0 Å². The number of nitrogens with two attached hydrogens (primary N) is 1. The van der Waals surface area contributed by atoms with Gasteiger partial charge < -0.3 is 10.8 Å². The molecule has 0 bridgehead atoms. The Bertz CT molecular complexity index is 613. The number of aromatic nitrogens is 2. The van der Waals surface area contributed by atoms with Gasteiger partial charge in [0.05, 0.1) is 28.9 Å². The molecule has 19 heavy (non-hydrogen) atoms. The highest BCUT2D eigenvalue weighted by molar-refractivity contribution is 6.32. The molecular formula is C13H13ClN4O. The van der Waals surface area contributed by atoms with Crippen LogP contribution in [0.5, 0.6) is 0 Å².